The van der Waals surface area contributed by atoms with E-state index in [-0.39, 0.29) is 6.03 Å². The molecule has 2 rings (SSSR count). The van der Waals surface area contributed by atoms with E-state index in [1.54, 1.807) is 4.90 Å². The fraction of sp³-hybridized carbons (Fsp3) is 0.517. The number of rotatable bonds is 16. The molecule has 0 aliphatic carbocycles. The zero-order valence-electron chi connectivity index (χ0n) is 22.2. The Morgan fingerprint density at radius 2 is 1.58 bits per heavy atom. The van der Waals surface area contributed by atoms with Gasteiger partial charge in [0.1, 0.15) is 17.5 Å². The maximum atomic E-state index is 13.3. The minimum absolute atomic E-state index is 0.331. The molecule has 7 heteroatoms. The van der Waals surface area contributed by atoms with Gasteiger partial charge in [0.05, 0.1) is 13.2 Å². The molecule has 2 N–H and O–H groups in total. The standard InChI is InChI=1S/C29H42N2O5/c1-5-8-17-25(28(32)33)30-29(34)31(18-13-12-16-23-14-10-9-11-15-23)21-24-19-26(35-6-2)22(4)27(20-24)36-7-3/h9-11,14-15,19-20,25H,5-8,12-13,16-18,21H2,1-4H3,(H,30,34)(H,32,33). The van der Waals surface area contributed by atoms with Crippen molar-refractivity contribution in [2.45, 2.75) is 78.8 Å². The number of benzene rings is 2. The molecule has 7 nitrogen and oxygen atoms in total. The molecule has 0 radical (unpaired) electrons. The number of amides is 2. The summed E-state index contributed by atoms with van der Waals surface area (Å²) >= 11 is 0. The summed E-state index contributed by atoms with van der Waals surface area (Å²) in [7, 11) is 0. The first-order valence-corrected chi connectivity index (χ1v) is 13.1. The third-order valence-corrected chi connectivity index (χ3v) is 6.06. The summed E-state index contributed by atoms with van der Waals surface area (Å²) in [6, 6.07) is 12.9. The summed E-state index contributed by atoms with van der Waals surface area (Å²) in [6.45, 7) is 9.72. The molecule has 0 bridgehead atoms. The average Bonchev–Trinajstić information content (AvgIpc) is 2.86. The highest BCUT2D eigenvalue weighted by Gasteiger charge is 2.23. The first kappa shape index (κ1) is 29.0. The summed E-state index contributed by atoms with van der Waals surface area (Å²) in [4.78, 5) is 26.7. The minimum Gasteiger partial charge on any atom is -0.493 e. The largest absolute Gasteiger partial charge is 0.493 e. The lowest BCUT2D eigenvalue weighted by Gasteiger charge is -2.26. The number of aryl methyl sites for hydroxylation is 1. The summed E-state index contributed by atoms with van der Waals surface area (Å²) in [5.74, 6) is 0.455. The van der Waals surface area contributed by atoms with Crippen LogP contribution in [-0.2, 0) is 17.8 Å². The zero-order valence-corrected chi connectivity index (χ0v) is 22.2. The molecule has 1 unspecified atom stereocenters. The van der Waals surface area contributed by atoms with Gasteiger partial charge in [-0.2, -0.15) is 0 Å². The number of carbonyl (C=O) groups is 2. The van der Waals surface area contributed by atoms with E-state index in [4.69, 9.17) is 9.47 Å². The Balaban J connectivity index is 2.20. The summed E-state index contributed by atoms with van der Waals surface area (Å²) < 4.78 is 11.6. The van der Waals surface area contributed by atoms with Crippen LogP contribution in [0.5, 0.6) is 11.5 Å². The number of unbranched alkanes of at least 4 members (excludes halogenated alkanes) is 2. The summed E-state index contributed by atoms with van der Waals surface area (Å²) in [6.07, 6.45) is 4.67. The topological polar surface area (TPSA) is 88.1 Å². The molecule has 0 saturated carbocycles. The number of aliphatic carboxylic acids is 1. The molecule has 0 heterocycles. The van der Waals surface area contributed by atoms with Gasteiger partial charge in [-0.1, -0.05) is 50.1 Å². The molecule has 2 aromatic carbocycles. The third kappa shape index (κ3) is 9.44. The van der Waals surface area contributed by atoms with Crippen LogP contribution in [0.3, 0.4) is 0 Å². The molecule has 0 aliphatic heterocycles. The molecule has 0 aromatic heterocycles. The number of urea groups is 1. The predicted octanol–water partition coefficient (Wildman–Crippen LogP) is 5.97. The third-order valence-electron chi connectivity index (χ3n) is 6.06. The Morgan fingerprint density at radius 3 is 2.14 bits per heavy atom. The fourth-order valence-electron chi connectivity index (χ4n) is 4.07. The van der Waals surface area contributed by atoms with Crippen molar-refractivity contribution in [3.63, 3.8) is 0 Å². The molecular weight excluding hydrogens is 456 g/mol. The molecule has 198 valence electrons. The van der Waals surface area contributed by atoms with Gasteiger partial charge in [-0.15, -0.1) is 0 Å². The van der Waals surface area contributed by atoms with E-state index in [2.05, 4.69) is 17.4 Å². The van der Waals surface area contributed by atoms with Crippen LogP contribution in [0.15, 0.2) is 42.5 Å². The van der Waals surface area contributed by atoms with Crippen molar-refractivity contribution < 1.29 is 24.2 Å². The second-order valence-electron chi connectivity index (χ2n) is 8.93. The highest BCUT2D eigenvalue weighted by atomic mass is 16.5. The number of nitrogens with one attached hydrogen (secondary N) is 1. The van der Waals surface area contributed by atoms with E-state index in [1.807, 2.05) is 58.0 Å². The molecule has 0 fully saturated rings. The van der Waals surface area contributed by atoms with Crippen molar-refractivity contribution in [3.05, 3.63) is 59.2 Å². The number of carboxylic acid groups (broad SMARTS) is 1. The van der Waals surface area contributed by atoms with Gasteiger partial charge in [-0.05, 0) is 69.7 Å². The smallest absolute Gasteiger partial charge is 0.326 e. The lowest BCUT2D eigenvalue weighted by molar-refractivity contribution is -0.139. The van der Waals surface area contributed by atoms with Crippen molar-refractivity contribution >= 4 is 12.0 Å². The molecule has 36 heavy (non-hydrogen) atoms. The van der Waals surface area contributed by atoms with Crippen molar-refractivity contribution in [3.8, 4) is 11.5 Å². The van der Waals surface area contributed by atoms with Crippen LogP contribution in [-0.4, -0.2) is 47.8 Å². The van der Waals surface area contributed by atoms with Crippen molar-refractivity contribution in [2.75, 3.05) is 19.8 Å². The maximum absolute atomic E-state index is 13.3. The van der Waals surface area contributed by atoms with Crippen LogP contribution < -0.4 is 14.8 Å². The van der Waals surface area contributed by atoms with E-state index in [0.717, 1.165) is 54.7 Å². The van der Waals surface area contributed by atoms with Crippen LogP contribution in [0.2, 0.25) is 0 Å². The van der Waals surface area contributed by atoms with E-state index in [1.165, 1.54) is 5.56 Å². The second-order valence-corrected chi connectivity index (χ2v) is 8.93. The van der Waals surface area contributed by atoms with Crippen molar-refractivity contribution in [2.24, 2.45) is 0 Å². The Hall–Kier alpha value is -3.22. The van der Waals surface area contributed by atoms with Crippen molar-refractivity contribution in [1.82, 2.24) is 10.2 Å². The SMILES string of the molecule is CCCCC(NC(=O)N(CCCCc1ccccc1)Cc1cc(OCC)c(C)c(OCC)c1)C(=O)O. The van der Waals surface area contributed by atoms with Gasteiger partial charge >= 0.3 is 12.0 Å². The average molecular weight is 499 g/mol. The van der Waals surface area contributed by atoms with Gasteiger partial charge in [0.25, 0.3) is 0 Å². The van der Waals surface area contributed by atoms with Gasteiger partial charge in [0.15, 0.2) is 0 Å². The molecule has 0 aliphatic rings. The van der Waals surface area contributed by atoms with Gasteiger partial charge in [-0.3, -0.25) is 0 Å². The minimum atomic E-state index is -1.01. The summed E-state index contributed by atoms with van der Waals surface area (Å²) in [5, 5.41) is 12.4. The van der Waals surface area contributed by atoms with Gasteiger partial charge in [-0.25, -0.2) is 9.59 Å². The first-order chi connectivity index (χ1) is 17.4. The van der Waals surface area contributed by atoms with Crippen LogP contribution in [0.4, 0.5) is 4.79 Å². The Bertz CT molecular complexity index is 921. The fourth-order valence-corrected chi connectivity index (χ4v) is 4.07. The Labute approximate surface area is 215 Å². The van der Waals surface area contributed by atoms with Crippen LogP contribution >= 0.6 is 0 Å². The van der Waals surface area contributed by atoms with E-state index >= 15 is 0 Å². The Morgan fingerprint density at radius 1 is 0.944 bits per heavy atom. The van der Waals surface area contributed by atoms with Crippen LogP contribution in [0.1, 0.15) is 69.6 Å². The molecule has 0 saturated heterocycles. The monoisotopic (exact) mass is 498 g/mol. The van der Waals surface area contributed by atoms with Gasteiger partial charge in [0.2, 0.25) is 0 Å². The highest BCUT2D eigenvalue weighted by molar-refractivity contribution is 5.82. The lowest BCUT2D eigenvalue weighted by atomic mass is 10.1. The van der Waals surface area contributed by atoms with E-state index in [9.17, 15) is 14.7 Å². The molecule has 2 amide bonds. The number of nitrogens with zero attached hydrogens (tertiary/aromatic N) is 1. The molecule has 2 aromatic rings. The normalized spacial score (nSPS) is 11.6. The van der Waals surface area contributed by atoms with Gasteiger partial charge in [0, 0.05) is 18.7 Å². The molecular formula is C29H42N2O5. The number of ether oxygens (including phenoxy) is 2. The Kier molecular flexibility index (Phi) is 12.7. The van der Waals surface area contributed by atoms with Gasteiger partial charge < -0.3 is 24.8 Å². The van der Waals surface area contributed by atoms with Crippen molar-refractivity contribution in [1.29, 1.82) is 0 Å². The predicted molar refractivity (Wildman–Crippen MR) is 143 cm³/mol. The highest BCUT2D eigenvalue weighted by Crippen LogP contribution is 2.31. The maximum Gasteiger partial charge on any atom is 0.326 e. The van der Waals surface area contributed by atoms with E-state index < -0.39 is 12.0 Å². The molecule has 0 spiro atoms. The van der Waals surface area contributed by atoms with Crippen LogP contribution in [0.25, 0.3) is 0 Å². The van der Waals surface area contributed by atoms with Crippen LogP contribution in [0, 0.1) is 6.92 Å². The number of hydrogen-bond acceptors (Lipinski definition) is 4. The summed E-state index contributed by atoms with van der Waals surface area (Å²) in [5.41, 5.74) is 3.07. The number of hydrogen-bond donors (Lipinski definition) is 2. The second kappa shape index (κ2) is 15.7. The number of carbonyl (C=O) groups excluding carboxylic acids is 1. The zero-order chi connectivity index (χ0) is 26.3. The molecule has 1 atom stereocenters. The number of carboxylic acids is 1. The first-order valence-electron chi connectivity index (χ1n) is 13.1. The lowest BCUT2D eigenvalue weighted by Crippen LogP contribution is -2.48. The van der Waals surface area contributed by atoms with E-state index in [0.29, 0.717) is 32.7 Å². The quantitative estimate of drug-likeness (QED) is 0.278.